The van der Waals surface area contributed by atoms with Crippen LogP contribution in [-0.4, -0.2) is 4.57 Å². The van der Waals surface area contributed by atoms with Gasteiger partial charge >= 0.3 is 0 Å². The van der Waals surface area contributed by atoms with Crippen LogP contribution in [0.2, 0.25) is 0 Å². The Hall–Kier alpha value is -6.25. The minimum absolute atomic E-state index is 0.00945. The van der Waals surface area contributed by atoms with Crippen molar-refractivity contribution in [3.05, 3.63) is 185 Å². The summed E-state index contributed by atoms with van der Waals surface area (Å²) in [5.41, 5.74) is 11.6. The third-order valence-electron chi connectivity index (χ3n) is 14.1. The molecule has 0 spiro atoms. The normalized spacial score (nSPS) is 15.5. The first-order valence-electron chi connectivity index (χ1n) is 19.8. The average Bonchev–Trinajstić information content (AvgIpc) is 3.33. The molecular formula is C54H45NO. The highest BCUT2D eigenvalue weighted by Crippen LogP contribution is 2.61. The van der Waals surface area contributed by atoms with E-state index in [2.05, 4.69) is 193 Å². The van der Waals surface area contributed by atoms with Gasteiger partial charge in [-0.05, 0) is 101 Å². The summed E-state index contributed by atoms with van der Waals surface area (Å²) >= 11 is 0. The van der Waals surface area contributed by atoms with E-state index in [1.807, 2.05) is 16.7 Å². The van der Waals surface area contributed by atoms with Gasteiger partial charge in [0.05, 0.1) is 11.2 Å². The molecule has 1 aliphatic carbocycles. The van der Waals surface area contributed by atoms with Gasteiger partial charge in [0, 0.05) is 21.5 Å². The minimum Gasteiger partial charge on any atom is -0.275 e. The van der Waals surface area contributed by atoms with Crippen molar-refractivity contribution in [2.45, 2.75) is 52.4 Å². The van der Waals surface area contributed by atoms with E-state index in [9.17, 15) is 0 Å². The average molecular weight is 724 g/mol. The number of aromatic nitrogens is 1. The summed E-state index contributed by atoms with van der Waals surface area (Å²) in [5.74, 6) is 0. The molecule has 1 heterocycles. The molecule has 0 fully saturated rings. The SMILES string of the molecule is CC1(C)c2ccc(-c3ccc4c(c3)c3cc(-c5ccccc5)ccc3c(=O)n4-c3c4ccccc4c(-c4ccccc4)c4ccccc34)cc2C(C)(C)C1(C)C. The first-order valence-corrected chi connectivity index (χ1v) is 19.8. The van der Waals surface area contributed by atoms with Crippen LogP contribution in [0.4, 0.5) is 0 Å². The number of pyridine rings is 1. The Balaban J connectivity index is 1.31. The molecule has 0 saturated heterocycles. The predicted molar refractivity (Wildman–Crippen MR) is 238 cm³/mol. The Morgan fingerprint density at radius 1 is 0.375 bits per heavy atom. The molecule has 0 bridgehead atoms. The number of fused-ring (bicyclic) bond motifs is 6. The second-order valence-corrected chi connectivity index (χ2v) is 17.3. The number of rotatable bonds is 4. The Labute approximate surface area is 328 Å². The standard InChI is InChI=1S/C54H45NO/c1-52(2)46-29-26-38(33-47(46)53(3,4)54(52,5)6)37-27-30-48-45(32-37)44-31-36(34-17-9-7-10-18-34)25-28-43(44)51(56)55(48)50-41-23-15-13-21-39(41)49(35-19-11-8-12-20-35)40-22-14-16-24-42(40)50/h7-33H,1-6H3. The summed E-state index contributed by atoms with van der Waals surface area (Å²) in [6, 6.07) is 58.4. The van der Waals surface area contributed by atoms with Gasteiger partial charge in [0.15, 0.2) is 0 Å². The Bertz CT molecular complexity index is 3050. The molecule has 0 saturated carbocycles. The quantitative estimate of drug-likeness (QED) is 0.131. The smallest absolute Gasteiger partial charge is 0.263 e. The fourth-order valence-corrected chi connectivity index (χ4v) is 9.84. The third-order valence-corrected chi connectivity index (χ3v) is 14.1. The van der Waals surface area contributed by atoms with Gasteiger partial charge in [-0.25, -0.2) is 0 Å². The van der Waals surface area contributed by atoms with Crippen molar-refractivity contribution in [2.24, 2.45) is 5.41 Å². The lowest BCUT2D eigenvalue weighted by Crippen LogP contribution is -2.42. The van der Waals surface area contributed by atoms with Crippen LogP contribution in [0.1, 0.15) is 52.7 Å². The number of hydrogen-bond donors (Lipinski definition) is 0. The molecule has 8 aromatic carbocycles. The maximum Gasteiger partial charge on any atom is 0.263 e. The van der Waals surface area contributed by atoms with Gasteiger partial charge in [0.1, 0.15) is 0 Å². The summed E-state index contributed by atoms with van der Waals surface area (Å²) in [7, 11) is 0. The predicted octanol–water partition coefficient (Wildman–Crippen LogP) is 14.0. The second kappa shape index (κ2) is 12.1. The van der Waals surface area contributed by atoms with E-state index in [1.54, 1.807) is 0 Å². The van der Waals surface area contributed by atoms with Crippen LogP contribution < -0.4 is 5.56 Å². The molecule has 1 aromatic heterocycles. The fraction of sp³-hybridized carbons (Fsp3) is 0.167. The third kappa shape index (κ3) is 4.72. The molecule has 0 radical (unpaired) electrons. The summed E-state index contributed by atoms with van der Waals surface area (Å²) in [5, 5.41) is 7.05. The van der Waals surface area contributed by atoms with Crippen molar-refractivity contribution >= 4 is 43.2 Å². The summed E-state index contributed by atoms with van der Waals surface area (Å²) < 4.78 is 2.00. The number of hydrogen-bond acceptors (Lipinski definition) is 1. The maximum atomic E-state index is 15.3. The van der Waals surface area contributed by atoms with Gasteiger partial charge in [0.2, 0.25) is 0 Å². The second-order valence-electron chi connectivity index (χ2n) is 17.3. The van der Waals surface area contributed by atoms with Gasteiger partial charge in [-0.3, -0.25) is 9.36 Å². The van der Waals surface area contributed by atoms with E-state index in [1.165, 1.54) is 22.3 Å². The van der Waals surface area contributed by atoms with Gasteiger partial charge in [-0.15, -0.1) is 0 Å². The molecule has 0 amide bonds. The highest BCUT2D eigenvalue weighted by Gasteiger charge is 2.56. The zero-order chi connectivity index (χ0) is 38.6. The van der Waals surface area contributed by atoms with Gasteiger partial charge in [-0.2, -0.15) is 0 Å². The van der Waals surface area contributed by atoms with Crippen molar-refractivity contribution in [1.82, 2.24) is 4.57 Å². The lowest BCUT2D eigenvalue weighted by molar-refractivity contribution is 0.125. The minimum atomic E-state index is -0.0219. The Morgan fingerprint density at radius 3 is 1.50 bits per heavy atom. The largest absolute Gasteiger partial charge is 0.275 e. The molecule has 0 unspecified atom stereocenters. The van der Waals surface area contributed by atoms with Crippen LogP contribution in [0.15, 0.2) is 169 Å². The lowest BCUT2D eigenvalue weighted by atomic mass is 9.59. The lowest BCUT2D eigenvalue weighted by Gasteiger charge is -2.44. The van der Waals surface area contributed by atoms with Crippen molar-refractivity contribution in [2.75, 3.05) is 0 Å². The fourth-order valence-electron chi connectivity index (χ4n) is 9.84. The summed E-state index contributed by atoms with van der Waals surface area (Å²) in [6.45, 7) is 14.4. The molecule has 2 heteroatoms. The molecule has 0 aliphatic heterocycles. The molecule has 9 aromatic rings. The monoisotopic (exact) mass is 723 g/mol. The van der Waals surface area contributed by atoms with Crippen molar-refractivity contribution in [1.29, 1.82) is 0 Å². The van der Waals surface area contributed by atoms with Crippen LogP contribution in [0.3, 0.4) is 0 Å². The van der Waals surface area contributed by atoms with Crippen LogP contribution in [0.5, 0.6) is 0 Å². The Morgan fingerprint density at radius 2 is 0.857 bits per heavy atom. The molecule has 0 atom stereocenters. The molecule has 1 aliphatic rings. The zero-order valence-electron chi connectivity index (χ0n) is 32.9. The van der Waals surface area contributed by atoms with Crippen LogP contribution in [-0.2, 0) is 10.8 Å². The van der Waals surface area contributed by atoms with E-state index in [0.29, 0.717) is 5.39 Å². The molecule has 56 heavy (non-hydrogen) atoms. The van der Waals surface area contributed by atoms with Gasteiger partial charge in [-0.1, -0.05) is 181 Å². The van der Waals surface area contributed by atoms with Gasteiger partial charge in [0.25, 0.3) is 5.56 Å². The van der Waals surface area contributed by atoms with Crippen molar-refractivity contribution in [3.63, 3.8) is 0 Å². The van der Waals surface area contributed by atoms with E-state index >= 15 is 4.79 Å². The first kappa shape index (κ1) is 34.3. The molecule has 272 valence electrons. The molecular weight excluding hydrogens is 679 g/mol. The van der Waals surface area contributed by atoms with Gasteiger partial charge < -0.3 is 0 Å². The van der Waals surface area contributed by atoms with E-state index in [-0.39, 0.29) is 21.8 Å². The molecule has 2 nitrogen and oxygen atoms in total. The maximum absolute atomic E-state index is 15.3. The number of benzene rings is 8. The van der Waals surface area contributed by atoms with E-state index in [0.717, 1.165) is 65.8 Å². The molecule has 0 N–H and O–H groups in total. The van der Waals surface area contributed by atoms with Crippen molar-refractivity contribution in [3.8, 4) is 39.1 Å². The number of nitrogens with zero attached hydrogens (tertiary/aromatic N) is 1. The Kier molecular flexibility index (Phi) is 7.42. The highest BCUT2D eigenvalue weighted by atomic mass is 16.1. The van der Waals surface area contributed by atoms with Crippen LogP contribution in [0.25, 0.3) is 82.3 Å². The van der Waals surface area contributed by atoms with E-state index < -0.39 is 0 Å². The molecule has 10 rings (SSSR count). The first-order chi connectivity index (χ1) is 27.0. The summed E-state index contributed by atoms with van der Waals surface area (Å²) in [6.07, 6.45) is 0. The van der Waals surface area contributed by atoms with Crippen LogP contribution >= 0.6 is 0 Å². The van der Waals surface area contributed by atoms with Crippen LogP contribution in [0, 0.1) is 5.41 Å². The topological polar surface area (TPSA) is 22.0 Å². The van der Waals surface area contributed by atoms with Crippen molar-refractivity contribution < 1.29 is 0 Å². The van der Waals surface area contributed by atoms with E-state index in [4.69, 9.17) is 0 Å². The highest BCUT2D eigenvalue weighted by molar-refractivity contribution is 6.19. The zero-order valence-corrected chi connectivity index (χ0v) is 32.9. The summed E-state index contributed by atoms with van der Waals surface area (Å²) in [4.78, 5) is 15.3.